The quantitative estimate of drug-likeness (QED) is 0.142. The lowest BCUT2D eigenvalue weighted by Gasteiger charge is -2.41. The average Bonchev–Trinajstić information content (AvgIpc) is 3.54. The van der Waals surface area contributed by atoms with E-state index in [1.54, 1.807) is 28.8 Å². The monoisotopic (exact) mass is 632 g/mol. The minimum atomic E-state index is -0.814. The molecule has 4 rings (SSSR count). The summed E-state index contributed by atoms with van der Waals surface area (Å²) in [5.41, 5.74) is 0.966. The molecule has 2 bridgehead atoms. The van der Waals surface area contributed by atoms with Crippen LogP contribution in [-0.2, 0) is 25.5 Å². The van der Waals surface area contributed by atoms with Crippen LogP contribution in [0.5, 0.6) is 0 Å². The summed E-state index contributed by atoms with van der Waals surface area (Å²) in [5, 5.41) is 10.5. The number of esters is 1. The molecule has 3 heterocycles. The molecule has 218 valence electrons. The molecule has 3 aliphatic heterocycles. The maximum Gasteiger partial charge on any atom is 0.310 e. The van der Waals surface area contributed by atoms with Crippen LogP contribution in [0.2, 0.25) is 0 Å². The highest BCUT2D eigenvalue weighted by molar-refractivity contribution is 9.09. The molecule has 9 heteroatoms. The van der Waals surface area contributed by atoms with E-state index in [2.05, 4.69) is 36.0 Å². The van der Waals surface area contributed by atoms with Crippen LogP contribution in [0.3, 0.4) is 0 Å². The molecule has 1 aromatic carbocycles. The molecule has 3 fully saturated rings. The number of carbonyl (C=O) groups excluding carboxylic acids is 3. The van der Waals surface area contributed by atoms with Gasteiger partial charge in [-0.1, -0.05) is 71.8 Å². The molecule has 4 unspecified atom stereocenters. The number of thioether (sulfide) groups is 1. The topological polar surface area (TPSA) is 87.2 Å². The Morgan fingerprint density at radius 2 is 2.02 bits per heavy atom. The summed E-state index contributed by atoms with van der Waals surface area (Å²) < 4.78 is 4.82. The van der Waals surface area contributed by atoms with Gasteiger partial charge in [-0.05, 0) is 38.2 Å². The van der Waals surface area contributed by atoms with Gasteiger partial charge in [-0.2, -0.15) is 0 Å². The van der Waals surface area contributed by atoms with E-state index in [4.69, 9.17) is 4.74 Å². The number of fused-ring (bicyclic) bond motifs is 1. The summed E-state index contributed by atoms with van der Waals surface area (Å²) in [6, 6.07) is 8.21. The first-order chi connectivity index (χ1) is 19.2. The van der Waals surface area contributed by atoms with Crippen molar-refractivity contribution < 1.29 is 24.2 Å². The smallest absolute Gasteiger partial charge is 0.310 e. The number of hydrogen-bond donors (Lipinski definition) is 1. The Balaban J connectivity index is 1.79. The van der Waals surface area contributed by atoms with Crippen molar-refractivity contribution in [3.05, 3.63) is 61.2 Å². The summed E-state index contributed by atoms with van der Waals surface area (Å²) in [5.74, 6) is -2.15. The van der Waals surface area contributed by atoms with Crippen LogP contribution in [-0.4, -0.2) is 85.4 Å². The number of aliphatic hydroxyl groups excluding tert-OH is 1. The van der Waals surface area contributed by atoms with Crippen LogP contribution in [0, 0.1) is 11.8 Å². The predicted octanol–water partition coefficient (Wildman–Crippen LogP) is 4.38. The van der Waals surface area contributed by atoms with Crippen molar-refractivity contribution in [2.24, 2.45) is 11.8 Å². The molecule has 0 radical (unpaired) electrons. The summed E-state index contributed by atoms with van der Waals surface area (Å²) in [7, 11) is 0. The van der Waals surface area contributed by atoms with Crippen molar-refractivity contribution in [3.8, 4) is 0 Å². The summed E-state index contributed by atoms with van der Waals surface area (Å²) >= 11 is 5.38. The van der Waals surface area contributed by atoms with E-state index in [1.165, 1.54) is 0 Å². The highest BCUT2D eigenvalue weighted by Gasteiger charge is 2.76. The first-order valence-corrected chi connectivity index (χ1v) is 16.0. The van der Waals surface area contributed by atoms with Crippen molar-refractivity contribution in [1.82, 2.24) is 9.80 Å². The second kappa shape index (κ2) is 13.3. The Labute approximate surface area is 250 Å². The molecule has 0 aromatic heterocycles. The van der Waals surface area contributed by atoms with E-state index in [1.807, 2.05) is 42.2 Å². The molecule has 7 nitrogen and oxygen atoms in total. The number of carbonyl (C=O) groups is 3. The van der Waals surface area contributed by atoms with Gasteiger partial charge in [-0.25, -0.2) is 0 Å². The zero-order chi connectivity index (χ0) is 29.0. The van der Waals surface area contributed by atoms with Gasteiger partial charge in [-0.3, -0.25) is 14.4 Å². The summed E-state index contributed by atoms with van der Waals surface area (Å²) in [6.07, 6.45) is 6.66. The van der Waals surface area contributed by atoms with Crippen molar-refractivity contribution in [2.45, 2.75) is 78.9 Å². The number of halogens is 1. The lowest BCUT2D eigenvalue weighted by Crippen LogP contribution is -2.59. The molecule has 0 saturated carbocycles. The average molecular weight is 634 g/mol. The SMILES string of the molecule is C=CCCOC(=O)[C@H]1[C@@H]2SC3(CC2Br)C(C(=O)N(CC=C)C(C)CCC)N([C@@H](CO)Cc2ccccc2)C(=O)[C@H]13. The zero-order valence-electron chi connectivity index (χ0n) is 23.4. The van der Waals surface area contributed by atoms with Gasteiger partial charge >= 0.3 is 5.97 Å². The van der Waals surface area contributed by atoms with Gasteiger partial charge in [0.15, 0.2) is 0 Å². The largest absolute Gasteiger partial charge is 0.465 e. The number of ether oxygens (including phenoxy) is 1. The number of benzene rings is 1. The minimum Gasteiger partial charge on any atom is -0.465 e. The van der Waals surface area contributed by atoms with Crippen molar-refractivity contribution in [2.75, 3.05) is 19.8 Å². The Kier molecular flexibility index (Phi) is 10.2. The molecule has 3 saturated heterocycles. The van der Waals surface area contributed by atoms with Gasteiger partial charge in [0.25, 0.3) is 0 Å². The van der Waals surface area contributed by atoms with Gasteiger partial charge in [0.1, 0.15) is 6.04 Å². The summed E-state index contributed by atoms with van der Waals surface area (Å²) in [4.78, 5) is 46.0. The fourth-order valence-electron chi connectivity index (χ4n) is 6.84. The van der Waals surface area contributed by atoms with E-state index in [9.17, 15) is 19.5 Å². The Bertz CT molecular complexity index is 1100. The number of rotatable bonds is 14. The van der Waals surface area contributed by atoms with Crippen LogP contribution in [0.4, 0.5) is 0 Å². The highest BCUT2D eigenvalue weighted by Crippen LogP contribution is 2.68. The van der Waals surface area contributed by atoms with Crippen LogP contribution in [0.25, 0.3) is 0 Å². The van der Waals surface area contributed by atoms with Gasteiger partial charge < -0.3 is 19.6 Å². The number of hydrogen-bond acceptors (Lipinski definition) is 6. The standard InChI is InChI=1S/C31H41BrN2O5S/c1-5-8-16-39-30(38)24-25-28(36)34(22(19-35)17-21-13-10-9-11-14-21)27(31(25)18-23(32)26(24)40-31)29(37)33(15-7-3)20(4)12-6-2/h5,7,9-11,13-14,20,22-27,35H,1,3,6,8,12,15-19H2,2,4H3/t20?,22-,23?,24-,25+,26-,27?,31?/m1/s1. The maximum atomic E-state index is 14.6. The third kappa shape index (κ3) is 5.53. The fraction of sp³-hybridized carbons (Fsp3) is 0.581. The fourth-order valence-corrected chi connectivity index (χ4v) is 10.4. The van der Waals surface area contributed by atoms with E-state index >= 15 is 0 Å². The van der Waals surface area contributed by atoms with E-state index in [-0.39, 0.29) is 41.1 Å². The second-order valence-electron chi connectivity index (χ2n) is 11.1. The highest BCUT2D eigenvalue weighted by atomic mass is 79.9. The molecule has 2 amide bonds. The Hall–Kier alpha value is -2.10. The van der Waals surface area contributed by atoms with E-state index < -0.39 is 34.6 Å². The first-order valence-electron chi connectivity index (χ1n) is 14.2. The second-order valence-corrected chi connectivity index (χ2v) is 13.8. The lowest BCUT2D eigenvalue weighted by atomic mass is 9.71. The number of nitrogens with zero attached hydrogens (tertiary/aromatic N) is 2. The van der Waals surface area contributed by atoms with Crippen LogP contribution in [0.1, 0.15) is 45.1 Å². The lowest BCUT2D eigenvalue weighted by molar-refractivity contribution is -0.154. The van der Waals surface area contributed by atoms with Gasteiger partial charge in [-0.15, -0.1) is 24.9 Å². The normalized spacial score (nSPS) is 30.1. The van der Waals surface area contributed by atoms with Crippen molar-refractivity contribution >= 4 is 45.5 Å². The maximum absolute atomic E-state index is 14.6. The number of likely N-dealkylation sites (tertiary alicyclic amines) is 1. The molecule has 1 aromatic rings. The molecule has 1 N–H and O–H groups in total. The first kappa shape index (κ1) is 30.8. The van der Waals surface area contributed by atoms with Crippen LogP contribution >= 0.6 is 27.7 Å². The van der Waals surface area contributed by atoms with Crippen molar-refractivity contribution in [1.29, 1.82) is 0 Å². The number of amides is 2. The van der Waals surface area contributed by atoms with Gasteiger partial charge in [0, 0.05) is 22.7 Å². The molecule has 40 heavy (non-hydrogen) atoms. The minimum absolute atomic E-state index is 0.0450. The third-order valence-corrected chi connectivity index (χ3v) is 11.8. The van der Waals surface area contributed by atoms with Gasteiger partial charge in [0.05, 0.1) is 35.8 Å². The van der Waals surface area contributed by atoms with E-state index in [0.29, 0.717) is 25.8 Å². The number of aliphatic hydroxyl groups is 1. The van der Waals surface area contributed by atoms with Crippen LogP contribution in [0.15, 0.2) is 55.6 Å². The molecule has 8 atom stereocenters. The molecular weight excluding hydrogens is 592 g/mol. The van der Waals surface area contributed by atoms with Crippen LogP contribution < -0.4 is 0 Å². The Morgan fingerprint density at radius 1 is 1.30 bits per heavy atom. The van der Waals surface area contributed by atoms with E-state index in [0.717, 1.165) is 18.4 Å². The third-order valence-electron chi connectivity index (χ3n) is 8.57. The number of alkyl halides is 1. The zero-order valence-corrected chi connectivity index (χ0v) is 25.8. The Morgan fingerprint density at radius 3 is 2.65 bits per heavy atom. The molecule has 1 spiro atoms. The van der Waals surface area contributed by atoms with Crippen molar-refractivity contribution in [3.63, 3.8) is 0 Å². The molecular formula is C31H41BrN2O5S. The predicted molar refractivity (Wildman–Crippen MR) is 162 cm³/mol. The van der Waals surface area contributed by atoms with Gasteiger partial charge in [0.2, 0.25) is 11.8 Å². The molecule has 3 aliphatic rings. The molecule has 0 aliphatic carbocycles. The summed E-state index contributed by atoms with van der Waals surface area (Å²) in [6.45, 7) is 12.0.